The molecule has 132 valence electrons. The van der Waals surface area contributed by atoms with Crippen LogP contribution in [0, 0.1) is 19.7 Å². The van der Waals surface area contributed by atoms with Crippen molar-refractivity contribution in [1.82, 2.24) is 15.1 Å². The molecule has 2 rings (SSSR count). The molecule has 24 heavy (non-hydrogen) atoms. The van der Waals surface area contributed by atoms with Gasteiger partial charge in [0.05, 0.1) is 18.8 Å². The number of aromatic nitrogens is 2. The highest BCUT2D eigenvalue weighted by Crippen LogP contribution is 2.33. The van der Waals surface area contributed by atoms with Gasteiger partial charge in [-0.2, -0.15) is 18.3 Å². The molecule has 1 heterocycles. The summed E-state index contributed by atoms with van der Waals surface area (Å²) in [6.45, 7) is 3.60. The van der Waals surface area contributed by atoms with E-state index in [1.54, 1.807) is 18.5 Å². The number of hydrogen-bond donors (Lipinski definition) is 2. The molecule has 2 aromatic rings. The lowest BCUT2D eigenvalue weighted by Gasteiger charge is -2.22. The second kappa shape index (κ2) is 7.31. The van der Waals surface area contributed by atoms with Gasteiger partial charge in [0.2, 0.25) is 0 Å². The average molecular weight is 345 g/mol. The summed E-state index contributed by atoms with van der Waals surface area (Å²) in [4.78, 5) is 0. The van der Waals surface area contributed by atoms with E-state index in [0.717, 1.165) is 24.3 Å². The number of nitrogens with zero attached hydrogens (tertiary/aromatic N) is 2. The Morgan fingerprint density at radius 1 is 1.21 bits per heavy atom. The molecule has 0 aliphatic rings. The number of nitrogens with one attached hydrogen (secondary N) is 1. The van der Waals surface area contributed by atoms with Gasteiger partial charge in [-0.05, 0) is 31.5 Å². The van der Waals surface area contributed by atoms with Gasteiger partial charge in [0.25, 0.3) is 0 Å². The molecule has 0 amide bonds. The van der Waals surface area contributed by atoms with Crippen LogP contribution in [0.4, 0.5) is 17.6 Å². The first-order valence-electron chi connectivity index (χ1n) is 7.43. The standard InChI is InChI=1S/C16H19F4N3O/c1-10-14(11(2)23(22-10)7-8-24)9-21-15(16(18,19)20)12-3-5-13(17)6-4-12/h3-6,15,21,24H,7-9H2,1-2H3. The summed E-state index contributed by atoms with van der Waals surface area (Å²) in [6.07, 6.45) is -4.51. The van der Waals surface area contributed by atoms with E-state index in [-0.39, 0.29) is 25.3 Å². The molecule has 1 atom stereocenters. The van der Waals surface area contributed by atoms with Gasteiger partial charge in [-0.15, -0.1) is 0 Å². The molecule has 4 nitrogen and oxygen atoms in total. The maximum Gasteiger partial charge on any atom is 0.407 e. The maximum absolute atomic E-state index is 13.3. The van der Waals surface area contributed by atoms with Crippen molar-refractivity contribution in [3.63, 3.8) is 0 Å². The van der Waals surface area contributed by atoms with Crippen molar-refractivity contribution >= 4 is 0 Å². The fourth-order valence-electron chi connectivity index (χ4n) is 2.58. The highest BCUT2D eigenvalue weighted by Gasteiger charge is 2.40. The fraction of sp³-hybridized carbons (Fsp3) is 0.438. The number of alkyl halides is 3. The van der Waals surface area contributed by atoms with Crippen molar-refractivity contribution in [3.05, 3.63) is 52.6 Å². The third-order valence-electron chi connectivity index (χ3n) is 3.86. The van der Waals surface area contributed by atoms with Crippen molar-refractivity contribution in [1.29, 1.82) is 0 Å². The van der Waals surface area contributed by atoms with Crippen LogP contribution in [-0.2, 0) is 13.1 Å². The lowest BCUT2D eigenvalue weighted by Crippen LogP contribution is -2.34. The zero-order valence-corrected chi connectivity index (χ0v) is 13.4. The van der Waals surface area contributed by atoms with E-state index in [0.29, 0.717) is 17.0 Å². The van der Waals surface area contributed by atoms with Crippen LogP contribution in [0.3, 0.4) is 0 Å². The second-order valence-electron chi connectivity index (χ2n) is 5.50. The predicted octanol–water partition coefficient (Wildman–Crippen LogP) is 3.02. The summed E-state index contributed by atoms with van der Waals surface area (Å²) in [5.74, 6) is -0.586. The highest BCUT2D eigenvalue weighted by atomic mass is 19.4. The van der Waals surface area contributed by atoms with Gasteiger partial charge < -0.3 is 5.11 Å². The third-order valence-corrected chi connectivity index (χ3v) is 3.86. The van der Waals surface area contributed by atoms with Crippen LogP contribution < -0.4 is 5.32 Å². The minimum Gasteiger partial charge on any atom is -0.394 e. The summed E-state index contributed by atoms with van der Waals surface area (Å²) >= 11 is 0. The zero-order valence-electron chi connectivity index (χ0n) is 13.4. The van der Waals surface area contributed by atoms with Gasteiger partial charge >= 0.3 is 6.18 Å². The van der Waals surface area contributed by atoms with Gasteiger partial charge in [-0.3, -0.25) is 10.00 Å². The van der Waals surface area contributed by atoms with Crippen molar-refractivity contribution < 1.29 is 22.7 Å². The quantitative estimate of drug-likeness (QED) is 0.792. The number of aryl methyl sites for hydroxylation is 1. The first-order chi connectivity index (χ1) is 11.2. The van der Waals surface area contributed by atoms with E-state index in [4.69, 9.17) is 5.11 Å². The Labute approximate surface area is 137 Å². The number of aliphatic hydroxyl groups excluding tert-OH is 1. The molecule has 0 fully saturated rings. The molecule has 0 saturated carbocycles. The maximum atomic E-state index is 13.3. The molecule has 1 unspecified atom stereocenters. The van der Waals surface area contributed by atoms with Gasteiger partial charge in [-0.1, -0.05) is 12.1 Å². The van der Waals surface area contributed by atoms with Crippen molar-refractivity contribution in [3.8, 4) is 0 Å². The van der Waals surface area contributed by atoms with Crippen LogP contribution >= 0.6 is 0 Å². The molecule has 0 spiro atoms. The molecular formula is C16H19F4N3O. The van der Waals surface area contributed by atoms with E-state index in [9.17, 15) is 17.6 Å². The summed E-state index contributed by atoms with van der Waals surface area (Å²) < 4.78 is 54.5. The Bertz CT molecular complexity index is 680. The summed E-state index contributed by atoms with van der Waals surface area (Å²) in [6, 6.07) is 2.35. The Kier molecular flexibility index (Phi) is 5.61. The van der Waals surface area contributed by atoms with E-state index in [1.165, 1.54) is 0 Å². The first kappa shape index (κ1) is 18.4. The summed E-state index contributed by atoms with van der Waals surface area (Å²) in [5.41, 5.74) is 1.91. The fourth-order valence-corrected chi connectivity index (χ4v) is 2.58. The SMILES string of the molecule is Cc1nn(CCO)c(C)c1CNC(c1ccc(F)cc1)C(F)(F)F. The van der Waals surface area contributed by atoms with Crippen LogP contribution in [0.5, 0.6) is 0 Å². The minimum atomic E-state index is -4.51. The average Bonchev–Trinajstić information content (AvgIpc) is 2.75. The normalized spacial score (nSPS) is 13.3. The lowest BCUT2D eigenvalue weighted by molar-refractivity contribution is -0.158. The molecular weight excluding hydrogens is 326 g/mol. The molecule has 0 bridgehead atoms. The third kappa shape index (κ3) is 4.12. The molecule has 0 radical (unpaired) electrons. The van der Waals surface area contributed by atoms with E-state index >= 15 is 0 Å². The highest BCUT2D eigenvalue weighted by molar-refractivity contribution is 5.26. The second-order valence-corrected chi connectivity index (χ2v) is 5.50. The molecule has 1 aromatic heterocycles. The molecule has 0 aliphatic heterocycles. The van der Waals surface area contributed by atoms with Crippen molar-refractivity contribution in [2.24, 2.45) is 0 Å². The Morgan fingerprint density at radius 2 is 1.83 bits per heavy atom. The molecule has 0 saturated heterocycles. The van der Waals surface area contributed by atoms with Crippen molar-refractivity contribution in [2.45, 2.75) is 39.2 Å². The largest absolute Gasteiger partial charge is 0.407 e. The number of benzene rings is 1. The van der Waals surface area contributed by atoms with Gasteiger partial charge in [-0.25, -0.2) is 4.39 Å². The Morgan fingerprint density at radius 3 is 2.38 bits per heavy atom. The van der Waals surface area contributed by atoms with Gasteiger partial charge in [0, 0.05) is 17.8 Å². The number of halogens is 4. The smallest absolute Gasteiger partial charge is 0.394 e. The van der Waals surface area contributed by atoms with E-state index < -0.39 is 18.0 Å². The number of rotatable bonds is 6. The molecule has 1 aromatic carbocycles. The number of aliphatic hydroxyl groups is 1. The van der Waals surface area contributed by atoms with Crippen LogP contribution in [0.2, 0.25) is 0 Å². The van der Waals surface area contributed by atoms with Crippen LogP contribution in [-0.4, -0.2) is 27.7 Å². The monoisotopic (exact) mass is 345 g/mol. The Hall–Kier alpha value is -1.93. The van der Waals surface area contributed by atoms with E-state index in [1.807, 2.05) is 0 Å². The summed E-state index contributed by atoms with van der Waals surface area (Å²) in [5, 5.41) is 15.7. The van der Waals surface area contributed by atoms with Crippen LogP contribution in [0.25, 0.3) is 0 Å². The molecule has 0 aliphatic carbocycles. The van der Waals surface area contributed by atoms with Crippen molar-refractivity contribution in [2.75, 3.05) is 6.61 Å². The van der Waals surface area contributed by atoms with Crippen LogP contribution in [0.1, 0.15) is 28.6 Å². The predicted molar refractivity (Wildman–Crippen MR) is 80.8 cm³/mol. The Balaban J connectivity index is 2.21. The molecule has 2 N–H and O–H groups in total. The summed E-state index contributed by atoms with van der Waals surface area (Å²) in [7, 11) is 0. The minimum absolute atomic E-state index is 0.0371. The van der Waals surface area contributed by atoms with E-state index in [2.05, 4.69) is 10.4 Å². The number of hydrogen-bond acceptors (Lipinski definition) is 3. The zero-order chi connectivity index (χ0) is 17.9. The molecule has 8 heteroatoms. The van der Waals surface area contributed by atoms with Crippen LogP contribution in [0.15, 0.2) is 24.3 Å². The lowest BCUT2D eigenvalue weighted by atomic mass is 10.1. The first-order valence-corrected chi connectivity index (χ1v) is 7.43. The topological polar surface area (TPSA) is 50.1 Å². The van der Waals surface area contributed by atoms with Gasteiger partial charge in [0.15, 0.2) is 0 Å². The van der Waals surface area contributed by atoms with Gasteiger partial charge in [0.1, 0.15) is 11.9 Å².